The quantitative estimate of drug-likeness (QED) is 0.772. The normalized spacial score (nSPS) is 14.9. The molecule has 2 heterocycles. The Morgan fingerprint density at radius 3 is 2.84 bits per heavy atom. The number of rotatable bonds is 7. The van der Waals surface area contributed by atoms with Crippen LogP contribution < -0.4 is 4.74 Å². The van der Waals surface area contributed by atoms with Crippen molar-refractivity contribution >= 4 is 5.91 Å². The first kappa shape index (κ1) is 17.5. The van der Waals surface area contributed by atoms with Gasteiger partial charge in [-0.15, -0.1) is 5.10 Å². The van der Waals surface area contributed by atoms with Crippen molar-refractivity contribution in [3.63, 3.8) is 0 Å². The minimum atomic E-state index is 0.250. The molecule has 134 valence electrons. The molecule has 1 unspecified atom stereocenters. The van der Waals surface area contributed by atoms with E-state index < -0.39 is 0 Å². The summed E-state index contributed by atoms with van der Waals surface area (Å²) in [5.41, 5.74) is 2.17. The van der Waals surface area contributed by atoms with Crippen LogP contribution in [0.15, 0.2) is 36.4 Å². The average molecular weight is 341 g/mol. The number of fused-ring (bicyclic) bond motifs is 1. The fourth-order valence-corrected chi connectivity index (χ4v) is 3.28. The van der Waals surface area contributed by atoms with Crippen molar-refractivity contribution in [3.8, 4) is 5.88 Å². The molecule has 0 spiro atoms. The van der Waals surface area contributed by atoms with Crippen LogP contribution in [0, 0.1) is 5.92 Å². The first-order valence-corrected chi connectivity index (χ1v) is 9.17. The van der Waals surface area contributed by atoms with Gasteiger partial charge in [-0.3, -0.25) is 9.48 Å². The van der Waals surface area contributed by atoms with E-state index in [4.69, 9.17) is 4.74 Å². The molecule has 1 amide bonds. The minimum Gasteiger partial charge on any atom is -0.472 e. The number of nitrogens with zero attached hydrogens (tertiary/aromatic N) is 3. The van der Waals surface area contributed by atoms with E-state index in [-0.39, 0.29) is 5.91 Å². The second kappa shape index (κ2) is 8.19. The number of hydrogen-bond acceptors (Lipinski definition) is 3. The lowest BCUT2D eigenvalue weighted by molar-refractivity contribution is -0.133. The summed E-state index contributed by atoms with van der Waals surface area (Å²) in [5, 5.41) is 4.51. The lowest BCUT2D eigenvalue weighted by atomic mass is 10.0. The zero-order valence-corrected chi connectivity index (χ0v) is 15.1. The molecule has 3 rings (SSSR count). The number of amides is 1. The van der Waals surface area contributed by atoms with Crippen LogP contribution >= 0.6 is 0 Å². The standard InChI is InChI=1S/C20H27N3O2/c1-3-7-16(2)12-20(24)22-10-11-23-18(14-22)13-19(21-23)25-15-17-8-5-4-6-9-17/h4-6,8-9,13,16H,3,7,10-12,14-15H2,1-2H3. The van der Waals surface area contributed by atoms with Gasteiger partial charge in [0.2, 0.25) is 11.8 Å². The molecule has 1 aliphatic rings. The summed E-state index contributed by atoms with van der Waals surface area (Å²) in [6.07, 6.45) is 2.87. The molecule has 1 atom stereocenters. The van der Waals surface area contributed by atoms with Crippen molar-refractivity contribution in [2.75, 3.05) is 6.54 Å². The Labute approximate surface area is 149 Å². The Hall–Kier alpha value is -2.30. The molecule has 0 N–H and O–H groups in total. The maximum absolute atomic E-state index is 12.5. The van der Waals surface area contributed by atoms with E-state index >= 15 is 0 Å². The Bertz CT molecular complexity index is 696. The van der Waals surface area contributed by atoms with E-state index in [1.165, 1.54) is 0 Å². The van der Waals surface area contributed by atoms with Crippen molar-refractivity contribution < 1.29 is 9.53 Å². The van der Waals surface area contributed by atoms with Gasteiger partial charge < -0.3 is 9.64 Å². The van der Waals surface area contributed by atoms with Gasteiger partial charge in [-0.1, -0.05) is 57.0 Å². The highest BCUT2D eigenvalue weighted by Crippen LogP contribution is 2.21. The van der Waals surface area contributed by atoms with Crippen LogP contribution in [0.3, 0.4) is 0 Å². The second-order valence-corrected chi connectivity index (χ2v) is 6.88. The summed E-state index contributed by atoms with van der Waals surface area (Å²) in [7, 11) is 0. The maximum Gasteiger partial charge on any atom is 0.233 e. The highest BCUT2D eigenvalue weighted by molar-refractivity contribution is 5.76. The summed E-state index contributed by atoms with van der Waals surface area (Å²) in [4.78, 5) is 14.4. The number of benzene rings is 1. The van der Waals surface area contributed by atoms with E-state index in [2.05, 4.69) is 18.9 Å². The lowest BCUT2D eigenvalue weighted by Crippen LogP contribution is -2.38. The van der Waals surface area contributed by atoms with E-state index in [1.807, 2.05) is 46.0 Å². The molecule has 0 radical (unpaired) electrons. The van der Waals surface area contributed by atoms with E-state index in [0.29, 0.717) is 31.4 Å². The van der Waals surface area contributed by atoms with Crippen LogP contribution in [0.4, 0.5) is 0 Å². The molecule has 0 aliphatic carbocycles. The number of ether oxygens (including phenoxy) is 1. The monoisotopic (exact) mass is 341 g/mol. The van der Waals surface area contributed by atoms with Gasteiger partial charge in [0.1, 0.15) is 6.61 Å². The molecular weight excluding hydrogens is 314 g/mol. The predicted octanol–water partition coefficient (Wildman–Crippen LogP) is 3.63. The fourth-order valence-electron chi connectivity index (χ4n) is 3.28. The first-order chi connectivity index (χ1) is 12.2. The van der Waals surface area contributed by atoms with Crippen molar-refractivity contribution in [2.45, 2.75) is 52.8 Å². The van der Waals surface area contributed by atoms with Crippen LogP contribution in [0.1, 0.15) is 44.4 Å². The van der Waals surface area contributed by atoms with E-state index in [9.17, 15) is 4.79 Å². The smallest absolute Gasteiger partial charge is 0.233 e. The molecule has 0 bridgehead atoms. The summed E-state index contributed by atoms with van der Waals surface area (Å²) in [6, 6.07) is 12.0. The highest BCUT2D eigenvalue weighted by Gasteiger charge is 2.23. The van der Waals surface area contributed by atoms with Gasteiger partial charge in [0.25, 0.3) is 0 Å². The molecule has 0 fully saturated rings. The topological polar surface area (TPSA) is 47.4 Å². The number of aromatic nitrogens is 2. The van der Waals surface area contributed by atoms with Crippen LogP contribution in [0.25, 0.3) is 0 Å². The van der Waals surface area contributed by atoms with Gasteiger partial charge in [0, 0.05) is 19.0 Å². The molecule has 1 aromatic carbocycles. The number of carbonyl (C=O) groups is 1. The molecular formula is C20H27N3O2. The van der Waals surface area contributed by atoms with Crippen molar-refractivity contribution in [1.82, 2.24) is 14.7 Å². The number of carbonyl (C=O) groups excluding carboxylic acids is 1. The number of hydrogen-bond donors (Lipinski definition) is 0. The van der Waals surface area contributed by atoms with Crippen LogP contribution in [-0.4, -0.2) is 27.1 Å². The third-order valence-corrected chi connectivity index (χ3v) is 4.66. The van der Waals surface area contributed by atoms with Crippen molar-refractivity contribution in [3.05, 3.63) is 47.7 Å². The van der Waals surface area contributed by atoms with Gasteiger partial charge in [0.15, 0.2) is 0 Å². The summed E-state index contributed by atoms with van der Waals surface area (Å²) >= 11 is 0. The average Bonchev–Trinajstić information content (AvgIpc) is 3.03. The van der Waals surface area contributed by atoms with E-state index in [0.717, 1.165) is 37.2 Å². The van der Waals surface area contributed by atoms with Crippen LogP contribution in [-0.2, 0) is 24.5 Å². The maximum atomic E-state index is 12.5. The molecule has 1 aliphatic heterocycles. The van der Waals surface area contributed by atoms with Crippen molar-refractivity contribution in [1.29, 1.82) is 0 Å². The molecule has 0 saturated carbocycles. The third-order valence-electron chi connectivity index (χ3n) is 4.66. The summed E-state index contributed by atoms with van der Waals surface area (Å²) in [5.74, 6) is 1.33. The summed E-state index contributed by atoms with van der Waals surface area (Å²) in [6.45, 7) is 6.92. The zero-order valence-electron chi connectivity index (χ0n) is 15.1. The van der Waals surface area contributed by atoms with Gasteiger partial charge >= 0.3 is 0 Å². The molecule has 2 aromatic rings. The third kappa shape index (κ3) is 4.62. The van der Waals surface area contributed by atoms with Gasteiger partial charge in [-0.05, 0) is 11.5 Å². The summed E-state index contributed by atoms with van der Waals surface area (Å²) < 4.78 is 7.76. The predicted molar refractivity (Wildman–Crippen MR) is 97.1 cm³/mol. The fraction of sp³-hybridized carbons (Fsp3) is 0.500. The molecule has 1 aromatic heterocycles. The van der Waals surface area contributed by atoms with Gasteiger partial charge in [-0.2, -0.15) is 0 Å². The van der Waals surface area contributed by atoms with Gasteiger partial charge in [0.05, 0.1) is 18.8 Å². The Balaban J connectivity index is 1.56. The van der Waals surface area contributed by atoms with Crippen LogP contribution in [0.2, 0.25) is 0 Å². The Kier molecular flexibility index (Phi) is 5.74. The van der Waals surface area contributed by atoms with Crippen molar-refractivity contribution in [2.24, 2.45) is 5.92 Å². The highest BCUT2D eigenvalue weighted by atomic mass is 16.5. The molecule has 5 heteroatoms. The minimum absolute atomic E-state index is 0.250. The second-order valence-electron chi connectivity index (χ2n) is 6.88. The van der Waals surface area contributed by atoms with E-state index in [1.54, 1.807) is 0 Å². The Morgan fingerprint density at radius 1 is 1.28 bits per heavy atom. The molecule has 5 nitrogen and oxygen atoms in total. The zero-order chi connectivity index (χ0) is 17.6. The largest absolute Gasteiger partial charge is 0.472 e. The molecule has 25 heavy (non-hydrogen) atoms. The first-order valence-electron chi connectivity index (χ1n) is 9.17. The van der Waals surface area contributed by atoms with Crippen LogP contribution in [0.5, 0.6) is 5.88 Å². The lowest BCUT2D eigenvalue weighted by Gasteiger charge is -2.28. The SMILES string of the molecule is CCCC(C)CC(=O)N1CCn2nc(OCc3ccccc3)cc2C1. The van der Waals surface area contributed by atoms with Gasteiger partial charge in [-0.25, -0.2) is 0 Å². The Morgan fingerprint density at radius 2 is 2.08 bits per heavy atom. The molecule has 0 saturated heterocycles.